The summed E-state index contributed by atoms with van der Waals surface area (Å²) in [7, 11) is 0. The first kappa shape index (κ1) is 16.5. The molecule has 0 bridgehead atoms. The second-order valence-corrected chi connectivity index (χ2v) is 5.88. The Hall–Kier alpha value is -1.90. The first-order valence-corrected chi connectivity index (χ1v) is 8.30. The summed E-state index contributed by atoms with van der Waals surface area (Å²) >= 11 is 0. The topological polar surface area (TPSA) is 50.2 Å². The number of carbonyl (C=O) groups is 1. The molecule has 0 aliphatic heterocycles. The molecule has 0 aliphatic rings. The fourth-order valence-electron chi connectivity index (χ4n) is 3.01. The van der Waals surface area contributed by atoms with Crippen LogP contribution in [-0.4, -0.2) is 16.1 Å². The van der Waals surface area contributed by atoms with Crippen molar-refractivity contribution >= 4 is 16.9 Å². The molecule has 0 saturated carbocycles. The molecular formula is C19H25NO2. The number of benzene rings is 1. The normalized spacial score (nSPS) is 12.5. The molecule has 2 aromatic rings. The summed E-state index contributed by atoms with van der Waals surface area (Å²) in [5.74, 6) is -0.646. The van der Waals surface area contributed by atoms with E-state index in [1.54, 1.807) is 0 Å². The number of aromatic carboxylic acids is 1. The van der Waals surface area contributed by atoms with Gasteiger partial charge in [0.2, 0.25) is 0 Å². The molecule has 3 heteroatoms. The van der Waals surface area contributed by atoms with E-state index in [0.29, 0.717) is 0 Å². The van der Waals surface area contributed by atoms with Crippen LogP contribution in [0.4, 0.5) is 0 Å². The number of hydrogen-bond donors (Lipinski definition) is 1. The van der Waals surface area contributed by atoms with Crippen molar-refractivity contribution in [3.05, 3.63) is 41.6 Å². The molecule has 1 atom stereocenters. The Kier molecular flexibility index (Phi) is 5.93. The van der Waals surface area contributed by atoms with Gasteiger partial charge in [-0.05, 0) is 36.5 Å². The minimum Gasteiger partial charge on any atom is -0.477 e. The van der Waals surface area contributed by atoms with Crippen molar-refractivity contribution in [3.8, 4) is 0 Å². The van der Waals surface area contributed by atoms with Crippen molar-refractivity contribution < 1.29 is 9.90 Å². The lowest BCUT2D eigenvalue weighted by Crippen LogP contribution is -2.10. The molecule has 0 aliphatic carbocycles. The summed E-state index contributed by atoms with van der Waals surface area (Å²) in [6.07, 6.45) is 6.82. The van der Waals surface area contributed by atoms with Crippen molar-refractivity contribution in [3.63, 3.8) is 0 Å². The van der Waals surface area contributed by atoms with Crippen LogP contribution in [0.15, 0.2) is 30.3 Å². The number of fused-ring (bicyclic) bond motifs is 1. The molecule has 0 amide bonds. The SMILES string of the molecule is CCCCCCC(CC)c1cc2ccccc2nc1C(=O)O. The van der Waals surface area contributed by atoms with Crippen LogP contribution in [0.2, 0.25) is 0 Å². The predicted octanol–water partition coefficient (Wildman–Crippen LogP) is 5.40. The lowest BCUT2D eigenvalue weighted by atomic mass is 9.88. The Labute approximate surface area is 132 Å². The minimum absolute atomic E-state index is 0.223. The van der Waals surface area contributed by atoms with Crippen molar-refractivity contribution in [2.24, 2.45) is 0 Å². The Morgan fingerprint density at radius 1 is 1.18 bits per heavy atom. The fourth-order valence-corrected chi connectivity index (χ4v) is 3.01. The number of carboxylic acid groups (broad SMARTS) is 1. The predicted molar refractivity (Wildman–Crippen MR) is 90.5 cm³/mol. The maximum Gasteiger partial charge on any atom is 0.354 e. The van der Waals surface area contributed by atoms with E-state index in [2.05, 4.69) is 18.8 Å². The molecule has 0 saturated heterocycles. The molecule has 1 unspecified atom stereocenters. The molecular weight excluding hydrogens is 274 g/mol. The van der Waals surface area contributed by atoms with E-state index in [-0.39, 0.29) is 11.6 Å². The van der Waals surface area contributed by atoms with Gasteiger partial charge in [0.15, 0.2) is 5.69 Å². The highest BCUT2D eigenvalue weighted by molar-refractivity contribution is 5.92. The number of unbranched alkanes of at least 4 members (excludes halogenated alkanes) is 3. The van der Waals surface area contributed by atoms with Gasteiger partial charge in [-0.15, -0.1) is 0 Å². The van der Waals surface area contributed by atoms with Crippen LogP contribution >= 0.6 is 0 Å². The zero-order valence-electron chi connectivity index (χ0n) is 13.5. The third-order valence-corrected chi connectivity index (χ3v) is 4.29. The van der Waals surface area contributed by atoms with E-state index in [9.17, 15) is 9.90 Å². The second kappa shape index (κ2) is 7.92. The summed E-state index contributed by atoms with van der Waals surface area (Å²) in [5, 5.41) is 10.5. The average Bonchev–Trinajstić information content (AvgIpc) is 2.54. The van der Waals surface area contributed by atoms with Crippen LogP contribution in [0.3, 0.4) is 0 Å². The molecule has 22 heavy (non-hydrogen) atoms. The third-order valence-electron chi connectivity index (χ3n) is 4.29. The van der Waals surface area contributed by atoms with E-state index < -0.39 is 5.97 Å². The number of nitrogens with zero attached hydrogens (tertiary/aromatic N) is 1. The standard InChI is InChI=1S/C19H25NO2/c1-3-5-6-7-10-14(4-2)16-13-15-11-8-9-12-17(15)20-18(16)19(21)22/h8-9,11-14H,3-7,10H2,1-2H3,(H,21,22). The smallest absolute Gasteiger partial charge is 0.354 e. The molecule has 1 aromatic heterocycles. The van der Waals surface area contributed by atoms with E-state index in [4.69, 9.17) is 0 Å². The molecule has 1 aromatic carbocycles. The number of aromatic nitrogens is 1. The number of rotatable bonds is 8. The van der Waals surface area contributed by atoms with Crippen LogP contribution < -0.4 is 0 Å². The van der Waals surface area contributed by atoms with E-state index >= 15 is 0 Å². The Bertz CT molecular complexity index is 636. The van der Waals surface area contributed by atoms with Crippen molar-refractivity contribution in [1.82, 2.24) is 4.98 Å². The highest BCUT2D eigenvalue weighted by Crippen LogP contribution is 2.30. The summed E-state index contributed by atoms with van der Waals surface area (Å²) in [4.78, 5) is 16.0. The molecule has 0 radical (unpaired) electrons. The molecule has 1 heterocycles. The monoisotopic (exact) mass is 299 g/mol. The van der Waals surface area contributed by atoms with E-state index in [1.165, 1.54) is 19.3 Å². The van der Waals surface area contributed by atoms with Crippen LogP contribution in [-0.2, 0) is 0 Å². The van der Waals surface area contributed by atoms with Gasteiger partial charge in [-0.2, -0.15) is 0 Å². The first-order chi connectivity index (χ1) is 10.7. The minimum atomic E-state index is -0.923. The van der Waals surface area contributed by atoms with Crippen LogP contribution in [0.5, 0.6) is 0 Å². The van der Waals surface area contributed by atoms with Gasteiger partial charge in [-0.3, -0.25) is 0 Å². The molecule has 0 spiro atoms. The Morgan fingerprint density at radius 2 is 1.95 bits per heavy atom. The van der Waals surface area contributed by atoms with Crippen molar-refractivity contribution in [1.29, 1.82) is 0 Å². The van der Waals surface area contributed by atoms with Gasteiger partial charge in [-0.1, -0.05) is 57.7 Å². The summed E-state index contributed by atoms with van der Waals surface area (Å²) in [6.45, 7) is 4.33. The molecule has 3 nitrogen and oxygen atoms in total. The maximum atomic E-state index is 11.6. The fraction of sp³-hybridized carbons (Fsp3) is 0.474. The van der Waals surface area contributed by atoms with Gasteiger partial charge < -0.3 is 5.11 Å². The van der Waals surface area contributed by atoms with Crippen molar-refractivity contribution in [2.75, 3.05) is 0 Å². The van der Waals surface area contributed by atoms with Gasteiger partial charge in [-0.25, -0.2) is 9.78 Å². The van der Waals surface area contributed by atoms with Crippen LogP contribution in [0.1, 0.15) is 74.3 Å². The molecule has 0 fully saturated rings. The van der Waals surface area contributed by atoms with Gasteiger partial charge in [0.25, 0.3) is 0 Å². The number of hydrogen-bond acceptors (Lipinski definition) is 2. The zero-order chi connectivity index (χ0) is 15.9. The zero-order valence-corrected chi connectivity index (χ0v) is 13.5. The van der Waals surface area contributed by atoms with Crippen LogP contribution in [0, 0.1) is 0 Å². The van der Waals surface area contributed by atoms with Gasteiger partial charge in [0, 0.05) is 5.39 Å². The molecule has 1 N–H and O–H groups in total. The van der Waals surface area contributed by atoms with Crippen LogP contribution in [0.25, 0.3) is 10.9 Å². The highest BCUT2D eigenvalue weighted by Gasteiger charge is 2.20. The summed E-state index contributed by atoms with van der Waals surface area (Å²) in [5.41, 5.74) is 1.87. The summed E-state index contributed by atoms with van der Waals surface area (Å²) in [6, 6.07) is 9.76. The third kappa shape index (κ3) is 3.85. The van der Waals surface area contributed by atoms with Crippen molar-refractivity contribution in [2.45, 2.75) is 58.3 Å². The number of pyridine rings is 1. The largest absolute Gasteiger partial charge is 0.477 e. The molecule has 2 rings (SSSR count). The number of carboxylic acids is 1. The lowest BCUT2D eigenvalue weighted by molar-refractivity contribution is 0.0689. The van der Waals surface area contributed by atoms with E-state index in [1.807, 2.05) is 30.3 Å². The lowest BCUT2D eigenvalue weighted by Gasteiger charge is -2.18. The average molecular weight is 299 g/mol. The maximum absolute atomic E-state index is 11.6. The summed E-state index contributed by atoms with van der Waals surface area (Å²) < 4.78 is 0. The van der Waals surface area contributed by atoms with Gasteiger partial charge in [0.1, 0.15) is 0 Å². The Balaban J connectivity index is 2.33. The molecule has 118 valence electrons. The van der Waals surface area contributed by atoms with E-state index in [0.717, 1.165) is 35.7 Å². The first-order valence-electron chi connectivity index (χ1n) is 8.30. The highest BCUT2D eigenvalue weighted by atomic mass is 16.4. The second-order valence-electron chi connectivity index (χ2n) is 5.88. The quantitative estimate of drug-likeness (QED) is 0.664. The Morgan fingerprint density at radius 3 is 2.64 bits per heavy atom. The van der Waals surface area contributed by atoms with Gasteiger partial charge in [0.05, 0.1) is 5.52 Å². The number of para-hydroxylation sites is 1. The van der Waals surface area contributed by atoms with Gasteiger partial charge >= 0.3 is 5.97 Å².